The van der Waals surface area contributed by atoms with Crippen LogP contribution in [0.1, 0.15) is 75.3 Å². The minimum Gasteiger partial charge on any atom is -0.388 e. The van der Waals surface area contributed by atoms with Gasteiger partial charge in [-0.2, -0.15) is 18.2 Å². The minimum atomic E-state index is -4.73. The molecule has 2 amide bonds. The van der Waals surface area contributed by atoms with Gasteiger partial charge in [0.1, 0.15) is 17.2 Å². The number of anilines is 4. The van der Waals surface area contributed by atoms with Gasteiger partial charge in [0.2, 0.25) is 27.8 Å². The molecule has 0 spiro atoms. The van der Waals surface area contributed by atoms with E-state index in [2.05, 4.69) is 35.1 Å². The maximum atomic E-state index is 15.1. The van der Waals surface area contributed by atoms with Gasteiger partial charge in [0.05, 0.1) is 27.1 Å². The van der Waals surface area contributed by atoms with E-state index in [-0.39, 0.29) is 65.3 Å². The van der Waals surface area contributed by atoms with Gasteiger partial charge in [-0.3, -0.25) is 19.8 Å². The Morgan fingerprint density at radius 2 is 1.74 bits per heavy atom. The van der Waals surface area contributed by atoms with Gasteiger partial charge in [-0.15, -0.1) is 0 Å². The molecule has 1 unspecified atom stereocenters. The van der Waals surface area contributed by atoms with Gasteiger partial charge in [0.15, 0.2) is 0 Å². The van der Waals surface area contributed by atoms with E-state index < -0.39 is 45.0 Å². The Morgan fingerprint density at radius 3 is 2.40 bits per heavy atom. The van der Waals surface area contributed by atoms with Crippen LogP contribution in [0.15, 0.2) is 47.5 Å². The number of hydrogen-bond donors (Lipinski definition) is 4. The number of nitrogens with one attached hydrogen (secondary N) is 3. The third-order valence-corrected chi connectivity index (χ3v) is 13.4. The van der Waals surface area contributed by atoms with E-state index in [1.807, 2.05) is 6.07 Å². The van der Waals surface area contributed by atoms with Gasteiger partial charge in [0, 0.05) is 75.7 Å². The molecule has 1 saturated carbocycles. The molecule has 58 heavy (non-hydrogen) atoms. The Morgan fingerprint density at radius 1 is 1.00 bits per heavy atom. The maximum Gasteiger partial charge on any atom is 0.421 e. The summed E-state index contributed by atoms with van der Waals surface area (Å²) in [7, 11) is -3.95. The van der Waals surface area contributed by atoms with Crippen molar-refractivity contribution in [1.29, 1.82) is 0 Å². The first-order chi connectivity index (χ1) is 27.4. The molecule has 13 nitrogen and oxygen atoms in total. The van der Waals surface area contributed by atoms with Crippen LogP contribution in [0.5, 0.6) is 0 Å². The number of hydrogen-bond acceptors (Lipinski definition) is 11. The van der Waals surface area contributed by atoms with Crippen molar-refractivity contribution in [3.63, 3.8) is 0 Å². The summed E-state index contributed by atoms with van der Waals surface area (Å²) < 4.78 is 86.4. The zero-order valence-electron chi connectivity index (χ0n) is 32.0. The van der Waals surface area contributed by atoms with Crippen LogP contribution in [-0.4, -0.2) is 97.7 Å². The van der Waals surface area contributed by atoms with E-state index >= 15 is 4.39 Å². The number of piperidine rings is 2. The second kappa shape index (κ2) is 16.9. The average Bonchev–Trinajstić information content (AvgIpc) is 3.16. The molecule has 2 atom stereocenters. The molecule has 19 heteroatoms. The Balaban J connectivity index is 0.891. The lowest BCUT2D eigenvalue weighted by molar-refractivity contribution is -0.138. The second-order valence-corrected chi connectivity index (χ2v) is 18.2. The largest absolute Gasteiger partial charge is 0.421 e. The predicted molar refractivity (Wildman–Crippen MR) is 210 cm³/mol. The number of imide groups is 1. The number of aliphatic hydroxyl groups is 1. The summed E-state index contributed by atoms with van der Waals surface area (Å²) in [6, 6.07) is 8.72. The normalized spacial score (nSPS) is 25.1. The number of amides is 2. The Bertz CT molecular complexity index is 2130. The summed E-state index contributed by atoms with van der Waals surface area (Å²) in [6.07, 6.45) is 0.363. The summed E-state index contributed by atoms with van der Waals surface area (Å²) in [5.74, 6) is -2.07. The summed E-state index contributed by atoms with van der Waals surface area (Å²) in [6.45, 7) is 5.69. The Hall–Kier alpha value is -4.10. The highest BCUT2D eigenvalue weighted by atomic mass is 35.5. The van der Waals surface area contributed by atoms with Crippen molar-refractivity contribution >= 4 is 56.6 Å². The summed E-state index contributed by atoms with van der Waals surface area (Å²) in [5.41, 5.74) is -0.961. The fraction of sp³-hybridized carbons (Fsp3) is 0.538. The number of β-amino-alcohol motifs (C(OH)–C–C–N with tert-alkyl or cyclic N) is 1. The number of benzene rings is 2. The minimum absolute atomic E-state index is 0.00649. The van der Waals surface area contributed by atoms with E-state index in [1.165, 1.54) is 29.2 Å². The molecule has 2 aromatic carbocycles. The third-order valence-electron chi connectivity index (χ3n) is 11.6. The van der Waals surface area contributed by atoms with Crippen LogP contribution in [0.3, 0.4) is 0 Å². The number of nitrogens with zero attached hydrogens (tertiary/aromatic N) is 5. The molecule has 314 valence electrons. The number of sulfonamides is 1. The highest BCUT2D eigenvalue weighted by molar-refractivity contribution is 7.89. The lowest BCUT2D eigenvalue weighted by Gasteiger charge is -2.39. The van der Waals surface area contributed by atoms with E-state index in [9.17, 15) is 36.3 Å². The van der Waals surface area contributed by atoms with E-state index in [4.69, 9.17) is 11.6 Å². The van der Waals surface area contributed by atoms with Crippen LogP contribution in [0.25, 0.3) is 0 Å². The molecule has 3 aromatic rings. The molecular weight excluding hydrogens is 804 g/mol. The SMILES string of the molecule is C[C@]1(O)CCCN(c2nc(Nc3ccc(S(=O)(=O)NC4CCC(CN5CCN(c6ccc(C7CCC(=O)NC7=O)c(F)c6)CC5)CC4)cc3Cl)ncc2C(F)(F)F)C1. The molecule has 4 heterocycles. The highest BCUT2D eigenvalue weighted by Gasteiger charge is 2.39. The molecule has 3 saturated heterocycles. The third kappa shape index (κ3) is 9.84. The average molecular weight is 851 g/mol. The first-order valence-corrected chi connectivity index (χ1v) is 21.4. The van der Waals surface area contributed by atoms with Crippen molar-refractivity contribution in [2.24, 2.45) is 5.92 Å². The lowest BCUT2D eigenvalue weighted by atomic mass is 9.86. The molecule has 1 aliphatic carbocycles. The standard InChI is InChI=1S/C39H47ClF4N8O5S/c1-38(55)13-2-14-52(23-38)35-30(39(42,43)44)21-45-37(48-35)46-33-11-8-27(20-31(33)40)58(56,57)49-25-5-3-24(4-6-25)22-50-15-17-51(18-16-50)26-7-9-28(32(41)19-26)29-10-12-34(53)47-36(29)54/h7-9,11,19-21,24-25,29,49,55H,2-6,10,12-18,22-23H2,1H3,(H,45,46,48)(H,47,53,54)/t24?,25?,29?,38-/m0/s1. The van der Waals surface area contributed by atoms with Gasteiger partial charge in [-0.25, -0.2) is 22.5 Å². The molecule has 7 rings (SSSR count). The molecule has 0 radical (unpaired) electrons. The number of carbonyl (C=O) groups excluding carboxylic acids is 2. The van der Waals surface area contributed by atoms with Gasteiger partial charge in [-0.05, 0) is 88.1 Å². The first-order valence-electron chi connectivity index (χ1n) is 19.5. The van der Waals surface area contributed by atoms with Crippen molar-refractivity contribution < 1.29 is 40.7 Å². The van der Waals surface area contributed by atoms with Crippen LogP contribution < -0.4 is 25.2 Å². The Labute approximate surface area is 339 Å². The zero-order valence-corrected chi connectivity index (χ0v) is 33.6. The highest BCUT2D eigenvalue weighted by Crippen LogP contribution is 2.38. The van der Waals surface area contributed by atoms with Crippen LogP contribution in [-0.2, 0) is 25.8 Å². The zero-order chi connectivity index (χ0) is 41.4. The van der Waals surface area contributed by atoms with Crippen molar-refractivity contribution in [2.45, 2.75) is 86.9 Å². The monoisotopic (exact) mass is 850 g/mol. The van der Waals surface area contributed by atoms with Crippen molar-refractivity contribution in [2.75, 3.05) is 60.9 Å². The predicted octanol–water partition coefficient (Wildman–Crippen LogP) is 5.56. The van der Waals surface area contributed by atoms with Crippen LogP contribution in [0.4, 0.5) is 40.7 Å². The first kappa shape index (κ1) is 42.0. The Kier molecular flexibility index (Phi) is 12.2. The number of halogens is 5. The van der Waals surface area contributed by atoms with E-state index in [0.717, 1.165) is 38.2 Å². The lowest BCUT2D eigenvalue weighted by Crippen LogP contribution is -2.48. The van der Waals surface area contributed by atoms with E-state index in [1.54, 1.807) is 13.0 Å². The molecular formula is C39H47ClF4N8O5S. The quantitative estimate of drug-likeness (QED) is 0.149. The molecule has 0 bridgehead atoms. The second-order valence-electron chi connectivity index (χ2n) is 16.1. The number of rotatable bonds is 10. The van der Waals surface area contributed by atoms with Crippen LogP contribution in [0.2, 0.25) is 5.02 Å². The van der Waals surface area contributed by atoms with Crippen LogP contribution >= 0.6 is 11.6 Å². The number of carbonyl (C=O) groups is 2. The van der Waals surface area contributed by atoms with Crippen molar-refractivity contribution in [1.82, 2.24) is 24.9 Å². The van der Waals surface area contributed by atoms with Gasteiger partial charge in [0.25, 0.3) is 0 Å². The molecule has 1 aromatic heterocycles. The molecule has 3 aliphatic heterocycles. The molecule has 4 aliphatic rings. The van der Waals surface area contributed by atoms with Crippen molar-refractivity contribution in [3.05, 3.63) is 64.6 Å². The van der Waals surface area contributed by atoms with Gasteiger partial charge >= 0.3 is 6.18 Å². The smallest absolute Gasteiger partial charge is 0.388 e. The number of alkyl halides is 3. The molecule has 4 N–H and O–H groups in total. The fourth-order valence-electron chi connectivity index (χ4n) is 8.45. The maximum absolute atomic E-state index is 15.1. The van der Waals surface area contributed by atoms with Gasteiger partial charge < -0.3 is 20.2 Å². The van der Waals surface area contributed by atoms with Crippen LogP contribution in [0, 0.1) is 11.7 Å². The fourth-order valence-corrected chi connectivity index (χ4v) is 10.1. The van der Waals surface area contributed by atoms with Gasteiger partial charge in [-0.1, -0.05) is 17.7 Å². The van der Waals surface area contributed by atoms with E-state index in [0.29, 0.717) is 56.5 Å². The summed E-state index contributed by atoms with van der Waals surface area (Å²) in [5, 5.41) is 15.6. The topological polar surface area (TPSA) is 160 Å². The summed E-state index contributed by atoms with van der Waals surface area (Å²) >= 11 is 6.48. The van der Waals surface area contributed by atoms with Crippen molar-refractivity contribution in [3.8, 4) is 0 Å². The summed E-state index contributed by atoms with van der Waals surface area (Å²) in [4.78, 5) is 37.6. The number of piperazine rings is 1. The molecule has 4 fully saturated rings. The number of aromatic nitrogens is 2.